The molecule has 0 aliphatic carbocycles. The molecular formula is C22H27NO4. The Morgan fingerprint density at radius 2 is 1.63 bits per heavy atom. The van der Waals surface area contributed by atoms with Crippen LogP contribution in [0, 0.1) is 0 Å². The minimum absolute atomic E-state index is 0.0725. The molecule has 0 saturated heterocycles. The molecule has 0 aliphatic rings. The minimum Gasteiger partial charge on any atom is -0.497 e. The molecule has 1 amide bonds. The summed E-state index contributed by atoms with van der Waals surface area (Å²) in [5.41, 5.74) is 2.03. The number of benzene rings is 2. The van der Waals surface area contributed by atoms with E-state index in [1.807, 2.05) is 80.6 Å². The molecule has 0 bridgehead atoms. The first-order valence-electron chi connectivity index (χ1n) is 8.97. The third kappa shape index (κ3) is 7.96. The maximum atomic E-state index is 11.8. The van der Waals surface area contributed by atoms with Gasteiger partial charge in [0.05, 0.1) is 19.8 Å². The van der Waals surface area contributed by atoms with Crippen LogP contribution in [0.1, 0.15) is 25.0 Å². The van der Waals surface area contributed by atoms with E-state index in [1.165, 1.54) is 0 Å². The van der Waals surface area contributed by atoms with E-state index in [0.717, 1.165) is 16.9 Å². The Morgan fingerprint density at radius 1 is 0.963 bits per heavy atom. The van der Waals surface area contributed by atoms with Crippen LogP contribution in [0.2, 0.25) is 0 Å². The zero-order valence-electron chi connectivity index (χ0n) is 16.1. The second-order valence-corrected chi connectivity index (χ2v) is 6.24. The number of methoxy groups -OCH3 is 1. The van der Waals surface area contributed by atoms with E-state index < -0.39 is 6.09 Å². The van der Waals surface area contributed by atoms with Gasteiger partial charge in [-0.3, -0.25) is 0 Å². The molecule has 1 N–H and O–H groups in total. The van der Waals surface area contributed by atoms with Crippen LogP contribution in [0.25, 0.3) is 0 Å². The number of ether oxygens (including phenoxy) is 3. The van der Waals surface area contributed by atoms with Gasteiger partial charge in [-0.2, -0.15) is 0 Å². The van der Waals surface area contributed by atoms with Crippen molar-refractivity contribution in [1.82, 2.24) is 5.32 Å². The van der Waals surface area contributed by atoms with Crippen LogP contribution in [0.15, 0.2) is 66.7 Å². The molecule has 2 aromatic rings. The van der Waals surface area contributed by atoms with Gasteiger partial charge in [0.15, 0.2) is 0 Å². The lowest BCUT2D eigenvalue weighted by Crippen LogP contribution is -2.31. The SMILES string of the molecule is COc1ccc(CO[C@@H](C)C=C[C@@H](C)NC(=O)OCc2ccccc2)cc1. The van der Waals surface area contributed by atoms with Crippen molar-refractivity contribution in [3.63, 3.8) is 0 Å². The Kier molecular flexibility index (Phi) is 8.39. The van der Waals surface area contributed by atoms with E-state index >= 15 is 0 Å². The Bertz CT molecular complexity index is 713. The normalized spacial score (nSPS) is 13.1. The summed E-state index contributed by atoms with van der Waals surface area (Å²) in [6.45, 7) is 4.61. The molecule has 5 heteroatoms. The Balaban J connectivity index is 1.67. The molecule has 27 heavy (non-hydrogen) atoms. The van der Waals surface area contributed by atoms with Crippen molar-refractivity contribution in [3.8, 4) is 5.75 Å². The first-order chi connectivity index (χ1) is 13.1. The lowest BCUT2D eigenvalue weighted by molar-refractivity contribution is 0.0837. The fourth-order valence-electron chi connectivity index (χ4n) is 2.33. The van der Waals surface area contributed by atoms with Crippen molar-refractivity contribution in [2.24, 2.45) is 0 Å². The summed E-state index contributed by atoms with van der Waals surface area (Å²) in [4.78, 5) is 11.8. The number of carbonyl (C=O) groups excluding carboxylic acids is 1. The van der Waals surface area contributed by atoms with Gasteiger partial charge in [-0.05, 0) is 37.1 Å². The first-order valence-corrected chi connectivity index (χ1v) is 8.97. The largest absolute Gasteiger partial charge is 0.497 e. The summed E-state index contributed by atoms with van der Waals surface area (Å²) in [6, 6.07) is 17.2. The van der Waals surface area contributed by atoms with Crippen LogP contribution in [-0.2, 0) is 22.7 Å². The standard InChI is InChI=1S/C22H27NO4/c1-17(23-22(24)27-16-19-7-5-4-6-8-19)9-10-18(2)26-15-20-11-13-21(25-3)14-12-20/h4-14,17-18H,15-16H2,1-3H3,(H,23,24)/t17-,18+/m1/s1. The van der Waals surface area contributed by atoms with Gasteiger partial charge >= 0.3 is 6.09 Å². The highest BCUT2D eigenvalue weighted by molar-refractivity contribution is 5.67. The van der Waals surface area contributed by atoms with Crippen molar-refractivity contribution >= 4 is 6.09 Å². The van der Waals surface area contributed by atoms with E-state index in [2.05, 4.69) is 5.32 Å². The van der Waals surface area contributed by atoms with E-state index in [-0.39, 0.29) is 18.8 Å². The molecule has 2 atom stereocenters. The van der Waals surface area contributed by atoms with Gasteiger partial charge in [-0.1, -0.05) is 54.6 Å². The molecule has 2 rings (SSSR count). The fraction of sp³-hybridized carbons (Fsp3) is 0.318. The molecule has 0 radical (unpaired) electrons. The van der Waals surface area contributed by atoms with Gasteiger partial charge in [-0.25, -0.2) is 4.79 Å². The van der Waals surface area contributed by atoms with E-state index in [4.69, 9.17) is 14.2 Å². The topological polar surface area (TPSA) is 56.8 Å². The molecule has 2 aromatic carbocycles. The molecular weight excluding hydrogens is 342 g/mol. The summed E-state index contributed by atoms with van der Waals surface area (Å²) in [6.07, 6.45) is 3.30. The number of carbonyl (C=O) groups is 1. The van der Waals surface area contributed by atoms with Crippen LogP contribution in [-0.4, -0.2) is 25.3 Å². The van der Waals surface area contributed by atoms with Gasteiger partial charge in [-0.15, -0.1) is 0 Å². The predicted octanol–water partition coefficient (Wildman–Crippen LogP) is 4.47. The van der Waals surface area contributed by atoms with Crippen LogP contribution < -0.4 is 10.1 Å². The third-order valence-electron chi connectivity index (χ3n) is 3.90. The van der Waals surface area contributed by atoms with Gasteiger partial charge in [0, 0.05) is 6.04 Å². The van der Waals surface area contributed by atoms with E-state index in [1.54, 1.807) is 7.11 Å². The first kappa shape index (κ1) is 20.5. The van der Waals surface area contributed by atoms with Gasteiger partial charge in [0.2, 0.25) is 0 Å². The Labute approximate surface area is 161 Å². The van der Waals surface area contributed by atoms with E-state index in [0.29, 0.717) is 6.61 Å². The Morgan fingerprint density at radius 3 is 2.30 bits per heavy atom. The van der Waals surface area contributed by atoms with Crippen LogP contribution in [0.5, 0.6) is 5.75 Å². The van der Waals surface area contributed by atoms with E-state index in [9.17, 15) is 4.79 Å². The molecule has 0 saturated carbocycles. The summed E-state index contributed by atoms with van der Waals surface area (Å²) in [7, 11) is 1.64. The molecule has 0 aromatic heterocycles. The number of alkyl carbamates (subject to hydrolysis) is 1. The zero-order valence-corrected chi connectivity index (χ0v) is 16.1. The van der Waals surface area contributed by atoms with Crippen molar-refractivity contribution in [2.45, 2.75) is 39.2 Å². The third-order valence-corrected chi connectivity index (χ3v) is 3.90. The fourth-order valence-corrected chi connectivity index (χ4v) is 2.33. The van der Waals surface area contributed by atoms with Crippen LogP contribution >= 0.6 is 0 Å². The maximum Gasteiger partial charge on any atom is 0.407 e. The second-order valence-electron chi connectivity index (χ2n) is 6.24. The average molecular weight is 369 g/mol. The van der Waals surface area contributed by atoms with Gasteiger partial charge < -0.3 is 19.5 Å². The highest BCUT2D eigenvalue weighted by atomic mass is 16.5. The molecule has 0 spiro atoms. The highest BCUT2D eigenvalue weighted by Crippen LogP contribution is 2.12. The molecule has 0 aliphatic heterocycles. The number of rotatable bonds is 9. The number of hydrogen-bond acceptors (Lipinski definition) is 4. The number of nitrogens with one attached hydrogen (secondary N) is 1. The number of hydrogen-bond donors (Lipinski definition) is 1. The van der Waals surface area contributed by atoms with Crippen molar-refractivity contribution in [2.75, 3.05) is 7.11 Å². The lowest BCUT2D eigenvalue weighted by Gasteiger charge is -2.13. The average Bonchev–Trinajstić information content (AvgIpc) is 2.70. The minimum atomic E-state index is -0.442. The van der Waals surface area contributed by atoms with Crippen molar-refractivity contribution in [1.29, 1.82) is 0 Å². The highest BCUT2D eigenvalue weighted by Gasteiger charge is 2.06. The van der Waals surface area contributed by atoms with Crippen LogP contribution in [0.4, 0.5) is 4.79 Å². The van der Waals surface area contributed by atoms with Gasteiger partial charge in [0.1, 0.15) is 12.4 Å². The monoisotopic (exact) mass is 369 g/mol. The van der Waals surface area contributed by atoms with Crippen molar-refractivity contribution in [3.05, 3.63) is 77.9 Å². The lowest BCUT2D eigenvalue weighted by atomic mass is 10.2. The van der Waals surface area contributed by atoms with Crippen LogP contribution in [0.3, 0.4) is 0 Å². The summed E-state index contributed by atoms with van der Waals surface area (Å²) >= 11 is 0. The smallest absolute Gasteiger partial charge is 0.407 e. The molecule has 0 heterocycles. The molecule has 5 nitrogen and oxygen atoms in total. The Hall–Kier alpha value is -2.79. The molecule has 0 unspecified atom stereocenters. The number of amides is 1. The maximum absolute atomic E-state index is 11.8. The van der Waals surface area contributed by atoms with Crippen molar-refractivity contribution < 1.29 is 19.0 Å². The zero-order chi connectivity index (χ0) is 19.5. The van der Waals surface area contributed by atoms with Gasteiger partial charge in [0.25, 0.3) is 0 Å². The second kappa shape index (κ2) is 11.0. The summed E-state index contributed by atoms with van der Waals surface area (Å²) in [5.74, 6) is 0.825. The molecule has 144 valence electrons. The quantitative estimate of drug-likeness (QED) is 0.663. The molecule has 0 fully saturated rings. The summed E-state index contributed by atoms with van der Waals surface area (Å²) in [5, 5.41) is 2.77. The predicted molar refractivity (Wildman–Crippen MR) is 106 cm³/mol. The summed E-state index contributed by atoms with van der Waals surface area (Å²) < 4.78 is 16.1.